The van der Waals surface area contributed by atoms with Crippen LogP contribution in [0.3, 0.4) is 0 Å². The van der Waals surface area contributed by atoms with E-state index in [0.717, 1.165) is 0 Å². The van der Waals surface area contributed by atoms with Gasteiger partial charge in [0.25, 0.3) is 11.6 Å². The Hall–Kier alpha value is -1.96. The third-order valence-corrected chi connectivity index (χ3v) is 3.14. The number of carboxylic acids is 1. The van der Waals surface area contributed by atoms with E-state index in [0.29, 0.717) is 4.47 Å². The monoisotopic (exact) mass is 344 g/mol. The lowest BCUT2D eigenvalue weighted by Gasteiger charge is -2.19. The van der Waals surface area contributed by atoms with Gasteiger partial charge in [0.2, 0.25) is 0 Å². The Bertz CT molecular complexity index is 547. The number of carboxylic acid groups (broad SMARTS) is 1. The van der Waals surface area contributed by atoms with Gasteiger partial charge in [-0.1, -0.05) is 15.9 Å². The number of carbonyl (C=O) groups excluding carboxylic acids is 1. The molecule has 0 aromatic heterocycles. The Morgan fingerprint density at radius 3 is 2.60 bits per heavy atom. The summed E-state index contributed by atoms with van der Waals surface area (Å²) < 4.78 is 0.495. The van der Waals surface area contributed by atoms with Gasteiger partial charge in [-0.15, -0.1) is 0 Å². The summed E-state index contributed by atoms with van der Waals surface area (Å²) in [4.78, 5) is 34.4. The molecule has 0 saturated heterocycles. The first-order valence-electron chi connectivity index (χ1n) is 5.81. The van der Waals surface area contributed by atoms with Gasteiger partial charge in [0.05, 0.1) is 11.3 Å². The van der Waals surface area contributed by atoms with E-state index in [2.05, 4.69) is 15.9 Å². The molecule has 1 aromatic carbocycles. The summed E-state index contributed by atoms with van der Waals surface area (Å²) in [5.41, 5.74) is -0.358. The summed E-state index contributed by atoms with van der Waals surface area (Å²) in [7, 11) is 0. The summed E-state index contributed by atoms with van der Waals surface area (Å²) in [5.74, 6) is -1.57. The topological polar surface area (TPSA) is 101 Å². The second kappa shape index (κ2) is 6.99. The predicted molar refractivity (Wildman–Crippen MR) is 74.6 cm³/mol. The number of nitro benzene ring substituents is 1. The van der Waals surface area contributed by atoms with Crippen LogP contribution in [0.25, 0.3) is 0 Å². The van der Waals surface area contributed by atoms with E-state index in [1.807, 2.05) is 0 Å². The maximum absolute atomic E-state index is 12.2. The van der Waals surface area contributed by atoms with Gasteiger partial charge < -0.3 is 10.0 Å². The fourth-order valence-corrected chi connectivity index (χ4v) is 1.99. The zero-order chi connectivity index (χ0) is 15.3. The largest absolute Gasteiger partial charge is 0.481 e. The van der Waals surface area contributed by atoms with Crippen LogP contribution >= 0.6 is 15.9 Å². The summed E-state index contributed by atoms with van der Waals surface area (Å²) in [6.45, 7) is 1.97. The SMILES string of the molecule is CCN(CCC(=O)O)C(=O)c1ccc(Br)cc1[N+](=O)[O-]. The van der Waals surface area contributed by atoms with Crippen molar-refractivity contribution in [3.63, 3.8) is 0 Å². The number of aliphatic carboxylic acids is 1. The molecule has 0 saturated carbocycles. The minimum atomic E-state index is -1.03. The molecule has 8 heteroatoms. The maximum atomic E-state index is 12.2. The second-order valence-corrected chi connectivity index (χ2v) is 4.86. The van der Waals surface area contributed by atoms with Crippen LogP contribution in [0.1, 0.15) is 23.7 Å². The van der Waals surface area contributed by atoms with Gasteiger partial charge in [-0.05, 0) is 19.1 Å². The first-order valence-corrected chi connectivity index (χ1v) is 6.61. The third kappa shape index (κ3) is 4.02. The van der Waals surface area contributed by atoms with E-state index < -0.39 is 16.8 Å². The number of amides is 1. The molecule has 108 valence electrons. The van der Waals surface area contributed by atoms with Crippen molar-refractivity contribution in [3.8, 4) is 0 Å². The molecule has 0 aliphatic heterocycles. The van der Waals surface area contributed by atoms with E-state index in [1.165, 1.54) is 23.1 Å². The standard InChI is InChI=1S/C12H13BrN2O5/c1-2-14(6-5-11(16)17)12(18)9-4-3-8(13)7-10(9)15(19)20/h3-4,7H,2,5-6H2,1H3,(H,16,17). The first-order chi connectivity index (χ1) is 9.36. The van der Waals surface area contributed by atoms with Crippen molar-refractivity contribution in [1.29, 1.82) is 0 Å². The van der Waals surface area contributed by atoms with E-state index in [4.69, 9.17) is 5.11 Å². The Morgan fingerprint density at radius 1 is 1.45 bits per heavy atom. The molecule has 20 heavy (non-hydrogen) atoms. The summed E-state index contributed by atoms with van der Waals surface area (Å²) >= 11 is 3.11. The number of nitro groups is 1. The Kier molecular flexibility index (Phi) is 5.63. The Balaban J connectivity index is 3.06. The molecule has 0 heterocycles. The van der Waals surface area contributed by atoms with Crippen LogP contribution < -0.4 is 0 Å². The molecule has 0 radical (unpaired) electrons. The molecule has 0 unspecified atom stereocenters. The van der Waals surface area contributed by atoms with Gasteiger partial charge in [0, 0.05) is 23.6 Å². The fourth-order valence-electron chi connectivity index (χ4n) is 1.64. The van der Waals surface area contributed by atoms with Crippen molar-refractivity contribution in [2.24, 2.45) is 0 Å². The van der Waals surface area contributed by atoms with Crippen molar-refractivity contribution in [2.45, 2.75) is 13.3 Å². The highest BCUT2D eigenvalue weighted by molar-refractivity contribution is 9.10. The zero-order valence-corrected chi connectivity index (χ0v) is 12.3. The molecular weight excluding hydrogens is 332 g/mol. The lowest BCUT2D eigenvalue weighted by molar-refractivity contribution is -0.385. The zero-order valence-electron chi connectivity index (χ0n) is 10.7. The average molecular weight is 345 g/mol. The van der Waals surface area contributed by atoms with Crippen LogP contribution in [0.5, 0.6) is 0 Å². The van der Waals surface area contributed by atoms with Crippen molar-refractivity contribution < 1.29 is 19.6 Å². The van der Waals surface area contributed by atoms with Crippen LogP contribution in [0.2, 0.25) is 0 Å². The number of carbonyl (C=O) groups is 2. The van der Waals surface area contributed by atoms with Crippen molar-refractivity contribution in [2.75, 3.05) is 13.1 Å². The highest BCUT2D eigenvalue weighted by atomic mass is 79.9. The second-order valence-electron chi connectivity index (χ2n) is 3.95. The molecule has 1 aromatic rings. The maximum Gasteiger partial charge on any atom is 0.305 e. The first kappa shape index (κ1) is 16.1. The van der Waals surface area contributed by atoms with Crippen molar-refractivity contribution >= 4 is 33.5 Å². The highest BCUT2D eigenvalue weighted by Gasteiger charge is 2.24. The molecule has 7 nitrogen and oxygen atoms in total. The predicted octanol–water partition coefficient (Wildman–Crippen LogP) is 2.29. The minimum Gasteiger partial charge on any atom is -0.481 e. The molecule has 1 rings (SSSR count). The lowest BCUT2D eigenvalue weighted by atomic mass is 10.1. The fraction of sp³-hybridized carbons (Fsp3) is 0.333. The molecule has 0 aliphatic rings. The molecule has 1 N–H and O–H groups in total. The van der Waals surface area contributed by atoms with Crippen LogP contribution in [0, 0.1) is 10.1 Å². The number of nitrogens with zero attached hydrogens (tertiary/aromatic N) is 2. The van der Waals surface area contributed by atoms with Crippen LogP contribution in [-0.4, -0.2) is 39.9 Å². The molecule has 0 aliphatic carbocycles. The van der Waals surface area contributed by atoms with Gasteiger partial charge in [0.15, 0.2) is 0 Å². The normalized spacial score (nSPS) is 10.1. The number of rotatable bonds is 6. The minimum absolute atomic E-state index is 0.0118. The van der Waals surface area contributed by atoms with Gasteiger partial charge in [-0.25, -0.2) is 0 Å². The number of hydrogen-bond donors (Lipinski definition) is 1. The van der Waals surface area contributed by atoms with Crippen molar-refractivity contribution in [1.82, 2.24) is 4.90 Å². The van der Waals surface area contributed by atoms with Crippen molar-refractivity contribution in [3.05, 3.63) is 38.3 Å². The highest BCUT2D eigenvalue weighted by Crippen LogP contribution is 2.24. The van der Waals surface area contributed by atoms with Crippen LogP contribution in [0.15, 0.2) is 22.7 Å². The molecule has 0 fully saturated rings. The molecule has 0 spiro atoms. The smallest absolute Gasteiger partial charge is 0.305 e. The lowest BCUT2D eigenvalue weighted by Crippen LogP contribution is -2.33. The Labute approximate surface area is 123 Å². The summed E-state index contributed by atoms with van der Waals surface area (Å²) in [5, 5.41) is 19.6. The Morgan fingerprint density at radius 2 is 2.10 bits per heavy atom. The van der Waals surface area contributed by atoms with Gasteiger partial charge in [-0.2, -0.15) is 0 Å². The quantitative estimate of drug-likeness (QED) is 0.630. The van der Waals surface area contributed by atoms with Gasteiger partial charge >= 0.3 is 5.97 Å². The van der Waals surface area contributed by atoms with E-state index in [1.54, 1.807) is 6.92 Å². The van der Waals surface area contributed by atoms with E-state index in [9.17, 15) is 19.7 Å². The summed E-state index contributed by atoms with van der Waals surface area (Å²) in [6.07, 6.45) is -0.204. The third-order valence-electron chi connectivity index (χ3n) is 2.65. The van der Waals surface area contributed by atoms with Gasteiger partial charge in [0.1, 0.15) is 5.56 Å². The van der Waals surface area contributed by atoms with E-state index in [-0.39, 0.29) is 30.8 Å². The average Bonchev–Trinajstić information content (AvgIpc) is 2.38. The molecular formula is C12H13BrN2O5. The number of hydrogen-bond acceptors (Lipinski definition) is 4. The number of halogens is 1. The van der Waals surface area contributed by atoms with Crippen LogP contribution in [-0.2, 0) is 4.79 Å². The summed E-state index contributed by atoms with van der Waals surface area (Å²) in [6, 6.07) is 4.14. The molecule has 0 atom stereocenters. The van der Waals surface area contributed by atoms with Crippen LogP contribution in [0.4, 0.5) is 5.69 Å². The van der Waals surface area contributed by atoms with Gasteiger partial charge in [-0.3, -0.25) is 19.7 Å². The van der Waals surface area contributed by atoms with E-state index >= 15 is 0 Å². The molecule has 0 bridgehead atoms. The molecule has 1 amide bonds. The number of benzene rings is 1.